The maximum Gasteiger partial charge on any atom is 0.407 e. The molecule has 0 atom stereocenters. The third kappa shape index (κ3) is 5.74. The number of nitrogens with two attached hydrogens (primary N) is 1. The van der Waals surface area contributed by atoms with Crippen LogP contribution in [0.5, 0.6) is 5.75 Å². The predicted octanol–water partition coefficient (Wildman–Crippen LogP) is 3.30. The molecule has 0 fully saturated rings. The summed E-state index contributed by atoms with van der Waals surface area (Å²) >= 11 is 0. The molecule has 0 unspecified atom stereocenters. The number of aromatic hydroxyl groups is 1. The van der Waals surface area contributed by atoms with Gasteiger partial charge in [-0.3, -0.25) is 0 Å². The summed E-state index contributed by atoms with van der Waals surface area (Å²) in [5, 5.41) is 12.2. The van der Waals surface area contributed by atoms with Crippen LogP contribution in [0.3, 0.4) is 0 Å². The molecule has 23 heavy (non-hydrogen) atoms. The minimum absolute atomic E-state index is 0.0646. The molecule has 5 heteroatoms. The second-order valence-electron chi connectivity index (χ2n) is 5.00. The average Bonchev–Trinajstić information content (AvgIpc) is 2.57. The van der Waals surface area contributed by atoms with Crippen LogP contribution in [0, 0.1) is 0 Å². The number of rotatable bonds is 6. The number of nitrogens with one attached hydrogen (secondary N) is 1. The van der Waals surface area contributed by atoms with Crippen molar-refractivity contribution < 1.29 is 14.6 Å². The number of hydrogen-bond donors (Lipinski definition) is 3. The van der Waals surface area contributed by atoms with E-state index in [2.05, 4.69) is 5.32 Å². The molecule has 0 aliphatic heterocycles. The largest absolute Gasteiger partial charge is 0.506 e. The molecule has 0 heterocycles. The quantitative estimate of drug-likeness (QED) is 0.434. The smallest absolute Gasteiger partial charge is 0.407 e. The predicted molar refractivity (Wildman–Crippen MR) is 90.8 cm³/mol. The first-order valence-corrected chi connectivity index (χ1v) is 7.35. The standard InChI is InChI=1S/C18H20N2O3/c19-16-10-9-14(12-17(16)21)6-4-5-11-20-18(22)23-13-15-7-2-1-3-8-15/h1-4,6-10,12,21H,5,11,13,19H2,(H,20,22). The minimum Gasteiger partial charge on any atom is -0.506 e. The number of nitrogen functional groups attached to an aromatic ring is 1. The van der Waals surface area contributed by atoms with Crippen LogP contribution in [0.1, 0.15) is 17.5 Å². The number of ether oxygens (including phenoxy) is 1. The Labute approximate surface area is 135 Å². The number of phenols is 1. The van der Waals surface area contributed by atoms with Crippen LogP contribution >= 0.6 is 0 Å². The van der Waals surface area contributed by atoms with Gasteiger partial charge in [0, 0.05) is 6.54 Å². The first-order valence-electron chi connectivity index (χ1n) is 7.35. The van der Waals surface area contributed by atoms with Crippen LogP contribution in [0.25, 0.3) is 6.08 Å². The maximum atomic E-state index is 11.5. The molecule has 0 saturated heterocycles. The number of carbonyl (C=O) groups is 1. The Morgan fingerprint density at radius 2 is 2.00 bits per heavy atom. The highest BCUT2D eigenvalue weighted by molar-refractivity contribution is 5.67. The number of amides is 1. The number of hydrogen-bond acceptors (Lipinski definition) is 4. The van der Waals surface area contributed by atoms with E-state index in [0.29, 0.717) is 18.7 Å². The van der Waals surface area contributed by atoms with Crippen molar-refractivity contribution >= 4 is 17.9 Å². The number of benzene rings is 2. The normalized spacial score (nSPS) is 10.6. The van der Waals surface area contributed by atoms with Crippen LogP contribution < -0.4 is 11.1 Å². The second-order valence-corrected chi connectivity index (χ2v) is 5.00. The van der Waals surface area contributed by atoms with E-state index in [1.165, 1.54) is 0 Å². The molecule has 0 radical (unpaired) electrons. The molecule has 0 aromatic heterocycles. The van der Waals surface area contributed by atoms with Crippen molar-refractivity contribution in [3.63, 3.8) is 0 Å². The van der Waals surface area contributed by atoms with Gasteiger partial charge >= 0.3 is 6.09 Å². The molecule has 0 aliphatic carbocycles. The van der Waals surface area contributed by atoms with E-state index < -0.39 is 6.09 Å². The fourth-order valence-corrected chi connectivity index (χ4v) is 1.92. The van der Waals surface area contributed by atoms with Gasteiger partial charge in [-0.25, -0.2) is 4.79 Å². The fourth-order valence-electron chi connectivity index (χ4n) is 1.92. The fraction of sp³-hybridized carbons (Fsp3) is 0.167. The highest BCUT2D eigenvalue weighted by Crippen LogP contribution is 2.21. The monoisotopic (exact) mass is 312 g/mol. The Kier molecular flexibility index (Phi) is 6.06. The topological polar surface area (TPSA) is 84.6 Å². The van der Waals surface area contributed by atoms with Crippen LogP contribution in [0.15, 0.2) is 54.6 Å². The van der Waals surface area contributed by atoms with Gasteiger partial charge in [-0.1, -0.05) is 48.6 Å². The van der Waals surface area contributed by atoms with Crippen LogP contribution in [0.4, 0.5) is 10.5 Å². The maximum absolute atomic E-state index is 11.5. The minimum atomic E-state index is -0.438. The van der Waals surface area contributed by atoms with Gasteiger partial charge in [0.05, 0.1) is 5.69 Å². The molecule has 0 saturated carbocycles. The van der Waals surface area contributed by atoms with Gasteiger partial charge < -0.3 is 20.9 Å². The van der Waals surface area contributed by atoms with E-state index in [0.717, 1.165) is 11.1 Å². The van der Waals surface area contributed by atoms with Gasteiger partial charge in [-0.2, -0.15) is 0 Å². The zero-order valence-corrected chi connectivity index (χ0v) is 12.7. The van der Waals surface area contributed by atoms with Gasteiger partial charge in [0.1, 0.15) is 12.4 Å². The molecule has 0 spiro atoms. The van der Waals surface area contributed by atoms with Crippen molar-refractivity contribution in [2.75, 3.05) is 12.3 Å². The lowest BCUT2D eigenvalue weighted by Crippen LogP contribution is -2.24. The Hall–Kier alpha value is -2.95. The summed E-state index contributed by atoms with van der Waals surface area (Å²) in [5.74, 6) is 0.0646. The van der Waals surface area contributed by atoms with Crippen molar-refractivity contribution in [1.82, 2.24) is 5.32 Å². The van der Waals surface area contributed by atoms with E-state index in [4.69, 9.17) is 10.5 Å². The second kappa shape index (κ2) is 8.48. The van der Waals surface area contributed by atoms with E-state index in [9.17, 15) is 9.90 Å². The van der Waals surface area contributed by atoms with Gasteiger partial charge in [0.2, 0.25) is 0 Å². The van der Waals surface area contributed by atoms with Crippen LogP contribution in [-0.4, -0.2) is 17.7 Å². The van der Waals surface area contributed by atoms with E-state index in [1.807, 2.05) is 48.6 Å². The molecular formula is C18H20N2O3. The average molecular weight is 312 g/mol. The first kappa shape index (κ1) is 16.4. The van der Waals surface area contributed by atoms with Gasteiger partial charge in [-0.15, -0.1) is 0 Å². The van der Waals surface area contributed by atoms with E-state index in [-0.39, 0.29) is 12.4 Å². The van der Waals surface area contributed by atoms with Crippen molar-refractivity contribution in [3.05, 3.63) is 65.7 Å². The Morgan fingerprint density at radius 3 is 2.74 bits per heavy atom. The summed E-state index contributed by atoms with van der Waals surface area (Å²) in [4.78, 5) is 11.5. The summed E-state index contributed by atoms with van der Waals surface area (Å²) < 4.78 is 5.10. The first-order chi connectivity index (χ1) is 11.1. The van der Waals surface area contributed by atoms with E-state index >= 15 is 0 Å². The molecule has 2 rings (SSSR count). The lowest BCUT2D eigenvalue weighted by atomic mass is 10.1. The molecule has 4 N–H and O–H groups in total. The number of phenolic OH excluding ortho intramolecular Hbond substituents is 1. The lowest BCUT2D eigenvalue weighted by Gasteiger charge is -2.06. The van der Waals surface area contributed by atoms with Crippen molar-refractivity contribution in [1.29, 1.82) is 0 Å². The lowest BCUT2D eigenvalue weighted by molar-refractivity contribution is 0.140. The highest BCUT2D eigenvalue weighted by atomic mass is 16.5. The summed E-state index contributed by atoms with van der Waals surface area (Å²) in [7, 11) is 0. The zero-order valence-electron chi connectivity index (χ0n) is 12.7. The van der Waals surface area contributed by atoms with Crippen molar-refractivity contribution in [2.24, 2.45) is 0 Å². The van der Waals surface area contributed by atoms with E-state index in [1.54, 1.807) is 12.1 Å². The Balaban J connectivity index is 1.65. The molecule has 1 amide bonds. The highest BCUT2D eigenvalue weighted by Gasteiger charge is 2.00. The van der Waals surface area contributed by atoms with Gasteiger partial charge in [0.25, 0.3) is 0 Å². The Bertz CT molecular complexity index is 669. The summed E-state index contributed by atoms with van der Waals surface area (Å²) in [5.41, 5.74) is 7.69. The van der Waals surface area contributed by atoms with Crippen molar-refractivity contribution in [3.8, 4) is 5.75 Å². The number of anilines is 1. The number of alkyl carbamates (subject to hydrolysis) is 1. The molecular weight excluding hydrogens is 292 g/mol. The molecule has 2 aromatic rings. The molecule has 0 aliphatic rings. The van der Waals surface area contributed by atoms with Crippen LogP contribution in [0.2, 0.25) is 0 Å². The van der Waals surface area contributed by atoms with Gasteiger partial charge in [0.15, 0.2) is 0 Å². The third-order valence-electron chi connectivity index (χ3n) is 3.16. The number of carbonyl (C=O) groups excluding carboxylic acids is 1. The molecule has 0 bridgehead atoms. The molecule has 120 valence electrons. The van der Waals surface area contributed by atoms with Crippen molar-refractivity contribution in [2.45, 2.75) is 13.0 Å². The Morgan fingerprint density at radius 1 is 1.22 bits per heavy atom. The SMILES string of the molecule is Nc1ccc(C=CCCNC(=O)OCc2ccccc2)cc1O. The molecule has 5 nitrogen and oxygen atoms in total. The molecule has 2 aromatic carbocycles. The summed E-state index contributed by atoms with van der Waals surface area (Å²) in [6.45, 7) is 0.734. The zero-order chi connectivity index (χ0) is 16.5. The third-order valence-corrected chi connectivity index (χ3v) is 3.16. The van der Waals surface area contributed by atoms with Crippen LogP contribution in [-0.2, 0) is 11.3 Å². The summed E-state index contributed by atoms with van der Waals surface area (Å²) in [6.07, 6.45) is 3.98. The summed E-state index contributed by atoms with van der Waals surface area (Å²) in [6, 6.07) is 14.6. The van der Waals surface area contributed by atoms with Gasteiger partial charge in [-0.05, 0) is 29.7 Å².